The van der Waals surface area contributed by atoms with Crippen LogP contribution in [-0.4, -0.2) is 35.1 Å². The van der Waals surface area contributed by atoms with Gasteiger partial charge in [-0.3, -0.25) is 9.69 Å². The molecule has 1 aliphatic rings. The van der Waals surface area contributed by atoms with Gasteiger partial charge in [0.2, 0.25) is 0 Å². The van der Waals surface area contributed by atoms with Gasteiger partial charge in [0.05, 0.1) is 0 Å². The Kier molecular flexibility index (Phi) is 4.32. The van der Waals surface area contributed by atoms with Crippen LogP contribution in [-0.2, 0) is 10.3 Å². The van der Waals surface area contributed by atoms with Crippen molar-refractivity contribution < 1.29 is 14.7 Å². The quantitative estimate of drug-likeness (QED) is 0.813. The predicted octanol–water partition coefficient (Wildman–Crippen LogP) is 1.84. The van der Waals surface area contributed by atoms with Gasteiger partial charge in [-0.15, -0.1) is 0 Å². The van der Waals surface area contributed by atoms with Crippen LogP contribution in [0.4, 0.5) is 4.79 Å². The second kappa shape index (κ2) is 5.85. The fourth-order valence-electron chi connectivity index (χ4n) is 2.70. The van der Waals surface area contributed by atoms with E-state index in [2.05, 4.69) is 5.32 Å². The molecule has 1 aliphatic heterocycles. The number of carbonyl (C=O) groups excluding carboxylic acids is 2. The van der Waals surface area contributed by atoms with Crippen LogP contribution in [0.15, 0.2) is 18.2 Å². The first kappa shape index (κ1) is 15.5. The summed E-state index contributed by atoms with van der Waals surface area (Å²) in [5.41, 5.74) is 2.08. The number of amides is 3. The Morgan fingerprint density at radius 2 is 1.95 bits per heavy atom. The Morgan fingerprint density at radius 1 is 1.24 bits per heavy atom. The van der Waals surface area contributed by atoms with Crippen LogP contribution in [0.5, 0.6) is 0 Å². The molecule has 1 aromatic carbocycles. The fraction of sp³-hybridized carbons (Fsp3) is 0.500. The molecule has 5 nitrogen and oxygen atoms in total. The van der Waals surface area contributed by atoms with Crippen LogP contribution in [0, 0.1) is 13.8 Å². The van der Waals surface area contributed by atoms with Crippen LogP contribution >= 0.6 is 0 Å². The molecule has 0 radical (unpaired) electrons. The first-order valence-corrected chi connectivity index (χ1v) is 7.29. The Bertz CT molecular complexity index is 571. The smallest absolute Gasteiger partial charge is 0.325 e. The summed E-state index contributed by atoms with van der Waals surface area (Å²) in [6.07, 6.45) is 0.890. The van der Waals surface area contributed by atoms with Crippen molar-refractivity contribution in [3.05, 3.63) is 34.9 Å². The third kappa shape index (κ3) is 2.53. The Balaban J connectivity index is 2.40. The minimum Gasteiger partial charge on any atom is -0.396 e. The van der Waals surface area contributed by atoms with E-state index in [4.69, 9.17) is 5.11 Å². The van der Waals surface area contributed by atoms with E-state index in [1.807, 2.05) is 39.0 Å². The summed E-state index contributed by atoms with van der Waals surface area (Å²) in [5, 5.41) is 11.7. The van der Waals surface area contributed by atoms with Crippen molar-refractivity contribution in [1.82, 2.24) is 10.2 Å². The number of hydrogen-bond donors (Lipinski definition) is 2. The second-order valence-electron chi connectivity index (χ2n) is 5.52. The number of imide groups is 1. The van der Waals surface area contributed by atoms with Crippen molar-refractivity contribution in [3.63, 3.8) is 0 Å². The van der Waals surface area contributed by atoms with Gasteiger partial charge >= 0.3 is 6.03 Å². The molecule has 2 N–H and O–H groups in total. The van der Waals surface area contributed by atoms with E-state index in [1.165, 1.54) is 4.90 Å². The summed E-state index contributed by atoms with van der Waals surface area (Å²) in [7, 11) is 0. The van der Waals surface area contributed by atoms with Crippen LogP contribution in [0.2, 0.25) is 0 Å². The maximum atomic E-state index is 12.7. The topological polar surface area (TPSA) is 69.6 Å². The average Bonchev–Trinajstić information content (AvgIpc) is 2.72. The lowest BCUT2D eigenvalue weighted by Crippen LogP contribution is -2.43. The molecule has 1 fully saturated rings. The number of nitrogens with zero attached hydrogens (tertiary/aromatic N) is 1. The number of aliphatic hydroxyl groups is 1. The highest BCUT2D eigenvalue weighted by molar-refractivity contribution is 6.07. The monoisotopic (exact) mass is 290 g/mol. The molecule has 0 bridgehead atoms. The zero-order valence-corrected chi connectivity index (χ0v) is 12.8. The number of hydrogen-bond acceptors (Lipinski definition) is 3. The summed E-state index contributed by atoms with van der Waals surface area (Å²) in [5.74, 6) is -0.230. The van der Waals surface area contributed by atoms with E-state index in [0.29, 0.717) is 12.8 Å². The van der Waals surface area contributed by atoms with Gasteiger partial charge in [0, 0.05) is 13.2 Å². The predicted molar refractivity (Wildman–Crippen MR) is 79.8 cm³/mol. The highest BCUT2D eigenvalue weighted by atomic mass is 16.3. The number of aliphatic hydroxyl groups excluding tert-OH is 1. The molecule has 21 heavy (non-hydrogen) atoms. The van der Waals surface area contributed by atoms with Crippen molar-refractivity contribution in [2.75, 3.05) is 13.2 Å². The van der Waals surface area contributed by atoms with E-state index in [1.54, 1.807) is 0 Å². The van der Waals surface area contributed by atoms with E-state index in [0.717, 1.165) is 16.7 Å². The number of rotatable bonds is 5. The number of aryl methyl sites for hydroxylation is 2. The SMILES string of the molecule is CCC1(c2ccc(C)c(C)c2)NC(=O)N(CCCO)C1=O. The second-order valence-corrected chi connectivity index (χ2v) is 5.52. The lowest BCUT2D eigenvalue weighted by atomic mass is 9.85. The molecule has 0 aliphatic carbocycles. The van der Waals surface area contributed by atoms with Crippen LogP contribution in [0.25, 0.3) is 0 Å². The molecule has 2 rings (SSSR count). The minimum atomic E-state index is -0.981. The first-order valence-electron chi connectivity index (χ1n) is 7.29. The number of benzene rings is 1. The lowest BCUT2D eigenvalue weighted by Gasteiger charge is -2.26. The van der Waals surface area contributed by atoms with Crippen LogP contribution < -0.4 is 5.32 Å². The normalized spacial score (nSPS) is 21.8. The molecule has 5 heteroatoms. The van der Waals surface area contributed by atoms with Gasteiger partial charge in [-0.25, -0.2) is 4.79 Å². The van der Waals surface area contributed by atoms with Gasteiger partial charge in [0.1, 0.15) is 5.54 Å². The molecule has 1 atom stereocenters. The summed E-state index contributed by atoms with van der Waals surface area (Å²) >= 11 is 0. The zero-order chi connectivity index (χ0) is 15.6. The summed E-state index contributed by atoms with van der Waals surface area (Å²) in [6.45, 7) is 6.10. The lowest BCUT2D eigenvalue weighted by molar-refractivity contribution is -0.131. The maximum Gasteiger partial charge on any atom is 0.325 e. The van der Waals surface area contributed by atoms with E-state index in [-0.39, 0.29) is 25.1 Å². The Labute approximate surface area is 125 Å². The standard InChI is InChI=1S/C16H22N2O3/c1-4-16(13-7-6-11(2)12(3)10-13)14(20)18(8-5-9-19)15(21)17-16/h6-7,10,19H,4-5,8-9H2,1-3H3,(H,17,21). The minimum absolute atomic E-state index is 0.0418. The van der Waals surface area contributed by atoms with E-state index < -0.39 is 5.54 Å². The number of urea groups is 1. The van der Waals surface area contributed by atoms with Gasteiger partial charge in [0.25, 0.3) is 5.91 Å². The summed E-state index contributed by atoms with van der Waals surface area (Å²) < 4.78 is 0. The third-order valence-electron chi connectivity index (χ3n) is 4.25. The molecule has 3 amide bonds. The molecule has 0 saturated carbocycles. The van der Waals surface area contributed by atoms with Gasteiger partial charge in [-0.05, 0) is 43.4 Å². The maximum absolute atomic E-state index is 12.7. The molecule has 1 saturated heterocycles. The first-order chi connectivity index (χ1) is 9.96. The van der Waals surface area contributed by atoms with E-state index >= 15 is 0 Å². The molecule has 0 aromatic heterocycles. The van der Waals surface area contributed by atoms with E-state index in [9.17, 15) is 9.59 Å². The van der Waals surface area contributed by atoms with Crippen LogP contribution in [0.1, 0.15) is 36.5 Å². The van der Waals surface area contributed by atoms with Gasteiger partial charge in [-0.1, -0.05) is 25.1 Å². The van der Waals surface area contributed by atoms with Crippen molar-refractivity contribution in [3.8, 4) is 0 Å². The third-order valence-corrected chi connectivity index (χ3v) is 4.25. The number of nitrogens with one attached hydrogen (secondary N) is 1. The largest absolute Gasteiger partial charge is 0.396 e. The highest BCUT2D eigenvalue weighted by Gasteiger charge is 2.50. The molecular weight excluding hydrogens is 268 g/mol. The van der Waals surface area contributed by atoms with Crippen LogP contribution in [0.3, 0.4) is 0 Å². The molecule has 1 heterocycles. The van der Waals surface area contributed by atoms with Gasteiger partial charge in [0.15, 0.2) is 0 Å². The molecule has 114 valence electrons. The number of carbonyl (C=O) groups is 2. The van der Waals surface area contributed by atoms with Gasteiger partial charge < -0.3 is 10.4 Å². The molecule has 1 unspecified atom stereocenters. The molecular formula is C16H22N2O3. The fourth-order valence-corrected chi connectivity index (χ4v) is 2.70. The zero-order valence-electron chi connectivity index (χ0n) is 12.8. The van der Waals surface area contributed by atoms with Crippen molar-refractivity contribution in [2.45, 2.75) is 39.2 Å². The van der Waals surface area contributed by atoms with Gasteiger partial charge in [-0.2, -0.15) is 0 Å². The average molecular weight is 290 g/mol. The summed E-state index contributed by atoms with van der Waals surface area (Å²) in [6, 6.07) is 5.46. The van der Waals surface area contributed by atoms with Crippen molar-refractivity contribution in [2.24, 2.45) is 0 Å². The van der Waals surface area contributed by atoms with Crippen molar-refractivity contribution >= 4 is 11.9 Å². The Hall–Kier alpha value is -1.88. The molecule has 0 spiro atoms. The molecule has 1 aromatic rings. The van der Waals surface area contributed by atoms with Crippen molar-refractivity contribution in [1.29, 1.82) is 0 Å². The highest BCUT2D eigenvalue weighted by Crippen LogP contribution is 2.33. The summed E-state index contributed by atoms with van der Waals surface area (Å²) in [4.78, 5) is 26.0. The Morgan fingerprint density at radius 3 is 2.52 bits per heavy atom.